The maximum atomic E-state index is 11.0. The molecule has 98 valence electrons. The van der Waals surface area contributed by atoms with Gasteiger partial charge in [0.15, 0.2) is 0 Å². The van der Waals surface area contributed by atoms with E-state index in [1.54, 1.807) is 30.3 Å². The topological polar surface area (TPSA) is 66.8 Å². The number of aromatic carboxylic acids is 1. The molecule has 4 nitrogen and oxygen atoms in total. The summed E-state index contributed by atoms with van der Waals surface area (Å²) >= 11 is 0. The summed E-state index contributed by atoms with van der Waals surface area (Å²) in [6.07, 6.45) is -0.789. The average molecular weight is 258 g/mol. The normalized spacial score (nSPS) is 11.8. The maximum Gasteiger partial charge on any atom is 0.339 e. The zero-order valence-corrected chi connectivity index (χ0v) is 10.2. The molecule has 2 aromatic carbocycles. The SMILES string of the molecule is O=C(O)c1ccccc1OCC(O)c1ccccc1. The Morgan fingerprint density at radius 3 is 2.37 bits per heavy atom. The van der Waals surface area contributed by atoms with E-state index in [0.29, 0.717) is 0 Å². The molecule has 2 aromatic rings. The summed E-state index contributed by atoms with van der Waals surface area (Å²) in [5, 5.41) is 18.9. The van der Waals surface area contributed by atoms with Crippen LogP contribution in [0.2, 0.25) is 0 Å². The second-order valence-corrected chi connectivity index (χ2v) is 4.04. The van der Waals surface area contributed by atoms with E-state index < -0.39 is 12.1 Å². The molecule has 0 fully saturated rings. The van der Waals surface area contributed by atoms with E-state index in [1.807, 2.05) is 18.2 Å². The number of carboxylic acid groups (broad SMARTS) is 1. The highest BCUT2D eigenvalue weighted by Crippen LogP contribution is 2.20. The first-order valence-electron chi connectivity index (χ1n) is 5.86. The predicted molar refractivity (Wildman–Crippen MR) is 70.3 cm³/mol. The number of para-hydroxylation sites is 1. The van der Waals surface area contributed by atoms with Gasteiger partial charge in [0.2, 0.25) is 0 Å². The van der Waals surface area contributed by atoms with Crippen molar-refractivity contribution in [3.63, 3.8) is 0 Å². The van der Waals surface area contributed by atoms with Crippen LogP contribution >= 0.6 is 0 Å². The minimum absolute atomic E-state index is 0.00824. The standard InChI is InChI=1S/C15H14O4/c16-13(11-6-2-1-3-7-11)10-19-14-9-5-4-8-12(14)15(17)18/h1-9,13,16H,10H2,(H,17,18). The zero-order valence-electron chi connectivity index (χ0n) is 10.2. The van der Waals surface area contributed by atoms with Crippen LogP contribution in [0, 0.1) is 0 Å². The lowest BCUT2D eigenvalue weighted by atomic mass is 10.1. The fourth-order valence-corrected chi connectivity index (χ4v) is 1.71. The minimum Gasteiger partial charge on any atom is -0.490 e. The Kier molecular flexibility index (Phi) is 4.15. The average Bonchev–Trinajstić information content (AvgIpc) is 2.46. The minimum atomic E-state index is -1.05. The van der Waals surface area contributed by atoms with Crippen molar-refractivity contribution in [2.45, 2.75) is 6.10 Å². The number of carbonyl (C=O) groups is 1. The van der Waals surface area contributed by atoms with Crippen molar-refractivity contribution in [1.82, 2.24) is 0 Å². The fraction of sp³-hybridized carbons (Fsp3) is 0.133. The molecule has 0 spiro atoms. The molecule has 0 saturated heterocycles. The number of benzene rings is 2. The highest BCUT2D eigenvalue weighted by molar-refractivity contribution is 5.90. The van der Waals surface area contributed by atoms with E-state index >= 15 is 0 Å². The van der Waals surface area contributed by atoms with E-state index in [2.05, 4.69) is 0 Å². The van der Waals surface area contributed by atoms with Gasteiger partial charge in [0.05, 0.1) is 0 Å². The molecular weight excluding hydrogens is 244 g/mol. The molecule has 2 N–H and O–H groups in total. The molecule has 4 heteroatoms. The molecule has 0 aliphatic carbocycles. The van der Waals surface area contributed by atoms with Crippen LogP contribution in [0.4, 0.5) is 0 Å². The van der Waals surface area contributed by atoms with Gasteiger partial charge in [0.1, 0.15) is 24.0 Å². The monoisotopic (exact) mass is 258 g/mol. The Bertz CT molecular complexity index is 551. The van der Waals surface area contributed by atoms with E-state index in [1.165, 1.54) is 6.07 Å². The lowest BCUT2D eigenvalue weighted by molar-refractivity contribution is 0.0683. The first kappa shape index (κ1) is 13.1. The summed E-state index contributed by atoms with van der Waals surface area (Å²) in [5.41, 5.74) is 0.818. The van der Waals surface area contributed by atoms with Gasteiger partial charge in [-0.3, -0.25) is 0 Å². The van der Waals surface area contributed by atoms with Crippen molar-refractivity contribution < 1.29 is 19.7 Å². The maximum absolute atomic E-state index is 11.0. The van der Waals surface area contributed by atoms with Crippen LogP contribution < -0.4 is 4.74 Å². The Morgan fingerprint density at radius 1 is 1.05 bits per heavy atom. The second kappa shape index (κ2) is 6.02. The number of hydrogen-bond donors (Lipinski definition) is 2. The number of aliphatic hydroxyl groups excluding tert-OH is 1. The molecule has 0 bridgehead atoms. The predicted octanol–water partition coefficient (Wildman–Crippen LogP) is 2.50. The zero-order chi connectivity index (χ0) is 13.7. The van der Waals surface area contributed by atoms with Gasteiger partial charge in [-0.15, -0.1) is 0 Å². The molecule has 1 unspecified atom stereocenters. The van der Waals surface area contributed by atoms with Crippen LogP contribution in [0.5, 0.6) is 5.75 Å². The van der Waals surface area contributed by atoms with Crippen LogP contribution in [0.1, 0.15) is 22.0 Å². The molecule has 0 radical (unpaired) electrons. The highest BCUT2D eigenvalue weighted by atomic mass is 16.5. The first-order chi connectivity index (χ1) is 9.18. The summed E-state index contributed by atoms with van der Waals surface area (Å²) in [6.45, 7) is 0.00824. The molecule has 0 aliphatic heterocycles. The van der Waals surface area contributed by atoms with Crippen molar-refractivity contribution in [2.24, 2.45) is 0 Å². The van der Waals surface area contributed by atoms with Gasteiger partial charge >= 0.3 is 5.97 Å². The van der Waals surface area contributed by atoms with Gasteiger partial charge in [-0.1, -0.05) is 42.5 Å². The number of aliphatic hydroxyl groups is 1. The molecule has 2 rings (SSSR count). The van der Waals surface area contributed by atoms with Crippen LogP contribution in [0.3, 0.4) is 0 Å². The largest absolute Gasteiger partial charge is 0.490 e. The first-order valence-corrected chi connectivity index (χ1v) is 5.86. The summed E-state index contributed by atoms with van der Waals surface area (Å²) in [6, 6.07) is 15.4. The number of rotatable bonds is 5. The third kappa shape index (κ3) is 3.33. The summed E-state index contributed by atoms with van der Waals surface area (Å²) in [4.78, 5) is 11.0. The fourth-order valence-electron chi connectivity index (χ4n) is 1.71. The molecular formula is C15H14O4. The van der Waals surface area contributed by atoms with E-state index in [0.717, 1.165) is 5.56 Å². The molecule has 0 amide bonds. The van der Waals surface area contributed by atoms with Gasteiger partial charge in [0.25, 0.3) is 0 Å². The van der Waals surface area contributed by atoms with Crippen molar-refractivity contribution in [3.8, 4) is 5.75 Å². The Balaban J connectivity index is 2.05. The number of carboxylic acids is 1. The van der Waals surface area contributed by atoms with Crippen molar-refractivity contribution in [1.29, 1.82) is 0 Å². The van der Waals surface area contributed by atoms with Crippen molar-refractivity contribution in [2.75, 3.05) is 6.61 Å². The van der Waals surface area contributed by atoms with Crippen molar-refractivity contribution >= 4 is 5.97 Å². The Morgan fingerprint density at radius 2 is 1.68 bits per heavy atom. The van der Waals surface area contributed by atoms with E-state index in [9.17, 15) is 9.90 Å². The molecule has 0 saturated carbocycles. The Labute approximate surface area is 110 Å². The summed E-state index contributed by atoms with van der Waals surface area (Å²) in [5.74, 6) is -0.796. The molecule has 1 atom stereocenters. The molecule has 0 aromatic heterocycles. The van der Waals surface area contributed by atoms with Gasteiger partial charge in [-0.2, -0.15) is 0 Å². The smallest absolute Gasteiger partial charge is 0.339 e. The van der Waals surface area contributed by atoms with E-state index in [4.69, 9.17) is 9.84 Å². The van der Waals surface area contributed by atoms with Crippen LogP contribution in [0.15, 0.2) is 54.6 Å². The quantitative estimate of drug-likeness (QED) is 0.864. The van der Waals surface area contributed by atoms with Gasteiger partial charge in [-0.05, 0) is 17.7 Å². The summed E-state index contributed by atoms with van der Waals surface area (Å²) in [7, 11) is 0. The lowest BCUT2D eigenvalue weighted by Crippen LogP contribution is -2.11. The number of hydrogen-bond acceptors (Lipinski definition) is 3. The highest BCUT2D eigenvalue weighted by Gasteiger charge is 2.13. The van der Waals surface area contributed by atoms with E-state index in [-0.39, 0.29) is 17.9 Å². The third-order valence-electron chi connectivity index (χ3n) is 2.70. The van der Waals surface area contributed by atoms with Crippen LogP contribution in [-0.2, 0) is 0 Å². The van der Waals surface area contributed by atoms with Gasteiger partial charge in [0, 0.05) is 0 Å². The molecule has 19 heavy (non-hydrogen) atoms. The number of ether oxygens (including phenoxy) is 1. The second-order valence-electron chi connectivity index (χ2n) is 4.04. The van der Waals surface area contributed by atoms with Crippen LogP contribution in [0.25, 0.3) is 0 Å². The van der Waals surface area contributed by atoms with Gasteiger partial charge < -0.3 is 14.9 Å². The third-order valence-corrected chi connectivity index (χ3v) is 2.70. The van der Waals surface area contributed by atoms with Gasteiger partial charge in [-0.25, -0.2) is 4.79 Å². The van der Waals surface area contributed by atoms with Crippen LogP contribution in [-0.4, -0.2) is 22.8 Å². The molecule has 0 heterocycles. The van der Waals surface area contributed by atoms with Crippen molar-refractivity contribution in [3.05, 3.63) is 65.7 Å². The summed E-state index contributed by atoms with van der Waals surface area (Å²) < 4.78 is 5.38. The lowest BCUT2D eigenvalue weighted by Gasteiger charge is -2.13. The Hall–Kier alpha value is -2.33. The molecule has 0 aliphatic rings.